The van der Waals surface area contributed by atoms with Crippen LogP contribution in [0.2, 0.25) is 0 Å². The molecule has 0 spiro atoms. The molecule has 0 amide bonds. The molecule has 1 saturated heterocycles. The lowest BCUT2D eigenvalue weighted by molar-refractivity contribution is 0.414. The number of hydrogen-bond donors (Lipinski definition) is 1. The Morgan fingerprint density at radius 3 is 2.32 bits per heavy atom. The van der Waals surface area contributed by atoms with Gasteiger partial charge in [0.05, 0.1) is 24.9 Å². The summed E-state index contributed by atoms with van der Waals surface area (Å²) in [5.74, 6) is 0.534. The van der Waals surface area contributed by atoms with Crippen LogP contribution in [0.5, 0.6) is 5.75 Å². The number of benzene rings is 2. The average molecular weight is 473 g/mol. The Kier molecular flexibility index (Phi) is 5.79. The summed E-state index contributed by atoms with van der Waals surface area (Å²) in [6.07, 6.45) is 1.79. The van der Waals surface area contributed by atoms with Crippen molar-refractivity contribution in [2.75, 3.05) is 12.0 Å². The predicted octanol–water partition coefficient (Wildman–Crippen LogP) is 5.81. The first kappa shape index (κ1) is 22.1. The van der Waals surface area contributed by atoms with Crippen LogP contribution in [-0.4, -0.2) is 21.8 Å². The summed E-state index contributed by atoms with van der Waals surface area (Å²) >= 11 is 5.79. The van der Waals surface area contributed by atoms with Gasteiger partial charge in [0.25, 0.3) is 0 Å². The molecule has 5 nitrogen and oxygen atoms in total. The van der Waals surface area contributed by atoms with Gasteiger partial charge in [-0.1, -0.05) is 6.07 Å². The van der Waals surface area contributed by atoms with Gasteiger partial charge in [-0.05, 0) is 98.4 Å². The van der Waals surface area contributed by atoms with Crippen molar-refractivity contribution in [2.24, 2.45) is 0 Å². The lowest BCUT2D eigenvalue weighted by Crippen LogP contribution is -2.29. The van der Waals surface area contributed by atoms with Crippen LogP contribution in [0.1, 0.15) is 34.7 Å². The fraction of sp³-hybridized carbons (Fsp3) is 0.185. The van der Waals surface area contributed by atoms with Crippen molar-refractivity contribution in [1.82, 2.24) is 14.9 Å². The molecule has 2 aromatic heterocycles. The number of halogens is 1. The first-order chi connectivity index (χ1) is 16.5. The van der Waals surface area contributed by atoms with Crippen LogP contribution < -0.4 is 15.0 Å². The molecule has 0 aliphatic carbocycles. The van der Waals surface area contributed by atoms with Crippen molar-refractivity contribution in [2.45, 2.75) is 25.9 Å². The normalized spacial score (nSPS) is 17.6. The van der Waals surface area contributed by atoms with Crippen LogP contribution in [0.4, 0.5) is 10.1 Å². The first-order valence-electron chi connectivity index (χ1n) is 11.1. The second kappa shape index (κ2) is 8.91. The molecule has 0 saturated carbocycles. The van der Waals surface area contributed by atoms with Crippen molar-refractivity contribution >= 4 is 23.0 Å². The predicted molar refractivity (Wildman–Crippen MR) is 136 cm³/mol. The van der Waals surface area contributed by atoms with E-state index in [1.54, 1.807) is 25.4 Å². The Hall–Kier alpha value is -3.71. The molecule has 2 unspecified atom stereocenters. The van der Waals surface area contributed by atoms with Crippen molar-refractivity contribution < 1.29 is 9.13 Å². The summed E-state index contributed by atoms with van der Waals surface area (Å²) in [7, 11) is 1.66. The van der Waals surface area contributed by atoms with Crippen LogP contribution >= 0.6 is 12.2 Å². The second-order valence-electron chi connectivity index (χ2n) is 8.33. The van der Waals surface area contributed by atoms with Crippen LogP contribution in [0.3, 0.4) is 0 Å². The van der Waals surface area contributed by atoms with E-state index in [0.717, 1.165) is 39.8 Å². The van der Waals surface area contributed by atoms with E-state index in [1.165, 1.54) is 12.1 Å². The maximum atomic E-state index is 13.7. The summed E-state index contributed by atoms with van der Waals surface area (Å²) < 4.78 is 21.3. The fourth-order valence-electron chi connectivity index (χ4n) is 4.77. The van der Waals surface area contributed by atoms with E-state index >= 15 is 0 Å². The molecular formula is C27H25FN4OS. The topological polar surface area (TPSA) is 42.3 Å². The van der Waals surface area contributed by atoms with Gasteiger partial charge in [-0.3, -0.25) is 4.98 Å². The number of ether oxygens (including phenoxy) is 1. The minimum atomic E-state index is -0.280. The van der Waals surface area contributed by atoms with Crippen LogP contribution in [-0.2, 0) is 0 Å². The lowest BCUT2D eigenvalue weighted by atomic mass is 9.96. The fourth-order valence-corrected chi connectivity index (χ4v) is 5.11. The maximum absolute atomic E-state index is 13.7. The third-order valence-electron chi connectivity index (χ3n) is 6.32. The molecule has 1 N–H and O–H groups in total. The third-order valence-corrected chi connectivity index (χ3v) is 6.64. The Labute approximate surface area is 203 Å². The molecule has 0 bridgehead atoms. The standard InChI is InChI=1S/C27H25FN4OS/c1-17-16-23(18(2)31(17)20-11-13-22(33-3)14-12-20)26-25(24-6-4-5-15-29-24)30-27(34)32(26)21-9-7-19(28)8-10-21/h4-16,25-26H,1-3H3,(H,30,34). The Bertz CT molecular complexity index is 1320. The van der Waals surface area contributed by atoms with Gasteiger partial charge in [-0.25, -0.2) is 4.39 Å². The van der Waals surface area contributed by atoms with Gasteiger partial charge in [0.1, 0.15) is 11.6 Å². The molecule has 0 radical (unpaired) electrons. The number of pyridine rings is 1. The van der Waals surface area contributed by atoms with E-state index < -0.39 is 0 Å². The van der Waals surface area contributed by atoms with E-state index in [4.69, 9.17) is 17.0 Å². The maximum Gasteiger partial charge on any atom is 0.174 e. The van der Waals surface area contributed by atoms with Gasteiger partial charge >= 0.3 is 0 Å². The number of anilines is 1. The van der Waals surface area contributed by atoms with E-state index in [0.29, 0.717) is 5.11 Å². The van der Waals surface area contributed by atoms with Crippen molar-refractivity contribution in [3.05, 3.63) is 107 Å². The molecular weight excluding hydrogens is 447 g/mol. The quantitative estimate of drug-likeness (QED) is 0.371. The number of nitrogens with zero attached hydrogens (tertiary/aromatic N) is 3. The largest absolute Gasteiger partial charge is 0.497 e. The van der Waals surface area contributed by atoms with E-state index in [1.807, 2.05) is 42.5 Å². The molecule has 1 aliphatic heterocycles. The van der Waals surface area contributed by atoms with E-state index in [-0.39, 0.29) is 17.9 Å². The number of hydrogen-bond acceptors (Lipinski definition) is 3. The van der Waals surface area contributed by atoms with Crippen molar-refractivity contribution in [3.8, 4) is 11.4 Å². The number of aryl methyl sites for hydroxylation is 1. The molecule has 2 aromatic carbocycles. The van der Waals surface area contributed by atoms with E-state index in [9.17, 15) is 4.39 Å². The number of rotatable bonds is 5. The molecule has 3 heterocycles. The van der Waals surface area contributed by atoms with Crippen LogP contribution in [0.25, 0.3) is 5.69 Å². The van der Waals surface area contributed by atoms with Gasteiger partial charge in [-0.2, -0.15) is 0 Å². The molecule has 4 aromatic rings. The number of methoxy groups -OCH3 is 1. The monoisotopic (exact) mass is 472 g/mol. The molecule has 5 rings (SSSR count). The molecule has 1 fully saturated rings. The van der Waals surface area contributed by atoms with Gasteiger partial charge in [-0.15, -0.1) is 0 Å². The molecule has 172 valence electrons. The molecule has 34 heavy (non-hydrogen) atoms. The minimum Gasteiger partial charge on any atom is -0.497 e. The highest BCUT2D eigenvalue weighted by molar-refractivity contribution is 7.80. The summed E-state index contributed by atoms with van der Waals surface area (Å²) in [5, 5.41) is 4.05. The number of nitrogens with one attached hydrogen (secondary N) is 1. The van der Waals surface area contributed by atoms with Gasteiger partial charge in [0.2, 0.25) is 0 Å². The molecule has 1 aliphatic rings. The third kappa shape index (κ3) is 3.82. The zero-order valence-electron chi connectivity index (χ0n) is 19.2. The lowest BCUT2D eigenvalue weighted by Gasteiger charge is -2.28. The Balaban J connectivity index is 1.65. The summed E-state index contributed by atoms with van der Waals surface area (Å²) in [5.41, 5.74) is 6.12. The summed E-state index contributed by atoms with van der Waals surface area (Å²) in [6, 6.07) is 22.2. The average Bonchev–Trinajstić information content (AvgIpc) is 3.35. The smallest absolute Gasteiger partial charge is 0.174 e. The Morgan fingerprint density at radius 1 is 0.971 bits per heavy atom. The highest BCUT2D eigenvalue weighted by Crippen LogP contribution is 2.43. The second-order valence-corrected chi connectivity index (χ2v) is 8.72. The summed E-state index contributed by atoms with van der Waals surface area (Å²) in [4.78, 5) is 6.68. The van der Waals surface area contributed by atoms with Gasteiger partial charge in [0, 0.05) is 29.0 Å². The highest BCUT2D eigenvalue weighted by atomic mass is 32.1. The van der Waals surface area contributed by atoms with E-state index in [2.05, 4.69) is 39.7 Å². The highest BCUT2D eigenvalue weighted by Gasteiger charge is 2.42. The summed E-state index contributed by atoms with van der Waals surface area (Å²) in [6.45, 7) is 4.21. The number of thiocarbonyl (C=S) groups is 1. The zero-order chi connectivity index (χ0) is 23.8. The van der Waals surface area contributed by atoms with Crippen LogP contribution in [0, 0.1) is 19.7 Å². The van der Waals surface area contributed by atoms with Crippen molar-refractivity contribution in [3.63, 3.8) is 0 Å². The molecule has 2 atom stereocenters. The molecule has 7 heteroatoms. The minimum absolute atomic E-state index is 0.161. The SMILES string of the molecule is COc1ccc(-n2c(C)cc(C3C(c4ccccn4)NC(=S)N3c3ccc(F)cc3)c2C)cc1. The number of aromatic nitrogens is 2. The van der Waals surface area contributed by atoms with Gasteiger partial charge < -0.3 is 19.5 Å². The van der Waals surface area contributed by atoms with Gasteiger partial charge in [0.15, 0.2) is 5.11 Å². The van der Waals surface area contributed by atoms with Crippen molar-refractivity contribution in [1.29, 1.82) is 0 Å². The zero-order valence-corrected chi connectivity index (χ0v) is 20.0. The van der Waals surface area contributed by atoms with Crippen LogP contribution in [0.15, 0.2) is 79.0 Å². The first-order valence-corrected chi connectivity index (χ1v) is 11.5. The Morgan fingerprint density at radius 2 is 1.68 bits per heavy atom.